The Balaban J connectivity index is 0.00000169. The van der Waals surface area contributed by atoms with E-state index in [0.29, 0.717) is 0 Å². The Morgan fingerprint density at radius 2 is 1.86 bits per heavy atom. The van der Waals surface area contributed by atoms with Crippen molar-refractivity contribution in [2.24, 2.45) is 5.73 Å². The number of hydrogen-bond donors (Lipinski definition) is 3. The molecule has 0 aliphatic carbocycles. The van der Waals surface area contributed by atoms with E-state index in [-0.39, 0.29) is 34.6 Å². The Morgan fingerprint density at radius 3 is 2.29 bits per heavy atom. The maximum atomic E-state index is 10.4. The Morgan fingerprint density at radius 1 is 1.36 bits per heavy atom. The molecule has 0 unspecified atom stereocenters. The van der Waals surface area contributed by atoms with Gasteiger partial charge >= 0.3 is 5.97 Å². The fraction of sp³-hybridized carbons (Fsp3) is 0.222. The fourth-order valence-electron chi connectivity index (χ4n) is 0.973. The van der Waals surface area contributed by atoms with Crippen LogP contribution in [0.15, 0.2) is 24.3 Å². The molecule has 0 aliphatic heterocycles. The van der Waals surface area contributed by atoms with Crippen molar-refractivity contribution < 1.29 is 37.4 Å². The van der Waals surface area contributed by atoms with Crippen molar-refractivity contribution in [1.29, 1.82) is 0 Å². The van der Waals surface area contributed by atoms with Crippen molar-refractivity contribution in [3.63, 3.8) is 0 Å². The van der Waals surface area contributed by atoms with E-state index in [1.54, 1.807) is 12.1 Å². The minimum absolute atomic E-state index is 0. The SMILES string of the molecule is N[C@@H](Cc1ccc(O)cc1)C(=O)O.[Au]. The predicted molar refractivity (Wildman–Crippen MR) is 47.4 cm³/mol. The molecule has 14 heavy (non-hydrogen) atoms. The van der Waals surface area contributed by atoms with E-state index in [0.717, 1.165) is 5.56 Å². The first kappa shape index (κ1) is 13.2. The van der Waals surface area contributed by atoms with E-state index in [9.17, 15) is 4.79 Å². The van der Waals surface area contributed by atoms with Crippen molar-refractivity contribution in [2.45, 2.75) is 12.5 Å². The van der Waals surface area contributed by atoms with Crippen molar-refractivity contribution >= 4 is 5.97 Å². The molecule has 0 fully saturated rings. The monoisotopic (exact) mass is 378 g/mol. The number of aromatic hydroxyl groups is 1. The Kier molecular flexibility index (Phi) is 5.49. The van der Waals surface area contributed by atoms with Crippen LogP contribution in [-0.4, -0.2) is 22.2 Å². The number of carboxylic acids is 1. The normalized spacial score (nSPS) is 11.5. The largest absolute Gasteiger partial charge is 0.508 e. The van der Waals surface area contributed by atoms with Gasteiger partial charge in [-0.3, -0.25) is 4.79 Å². The van der Waals surface area contributed by atoms with Gasteiger partial charge in [-0.1, -0.05) is 12.1 Å². The van der Waals surface area contributed by atoms with Crippen LogP contribution in [0.25, 0.3) is 0 Å². The maximum absolute atomic E-state index is 10.4. The smallest absolute Gasteiger partial charge is 0.320 e. The number of carboxylic acid groups (broad SMARTS) is 1. The molecule has 0 amide bonds. The third kappa shape index (κ3) is 3.93. The zero-order chi connectivity index (χ0) is 9.84. The van der Waals surface area contributed by atoms with Crippen LogP contribution in [0.5, 0.6) is 5.75 Å². The number of nitrogens with two attached hydrogens (primary N) is 1. The molecule has 0 heterocycles. The van der Waals surface area contributed by atoms with Crippen LogP contribution in [0.2, 0.25) is 0 Å². The van der Waals surface area contributed by atoms with E-state index in [4.69, 9.17) is 15.9 Å². The molecule has 4 N–H and O–H groups in total. The molecular formula is C9H11AuNO3. The van der Waals surface area contributed by atoms with Crippen LogP contribution in [0.1, 0.15) is 5.56 Å². The number of benzene rings is 1. The predicted octanol–water partition coefficient (Wildman–Crippen LogP) is 0.344. The van der Waals surface area contributed by atoms with Gasteiger partial charge in [0.15, 0.2) is 0 Å². The summed E-state index contributed by atoms with van der Waals surface area (Å²) in [7, 11) is 0. The van der Waals surface area contributed by atoms with Crippen molar-refractivity contribution in [3.8, 4) is 5.75 Å². The van der Waals surface area contributed by atoms with Crippen LogP contribution in [-0.2, 0) is 33.6 Å². The number of phenols is 1. The Hall–Kier alpha value is -0.810. The topological polar surface area (TPSA) is 83.5 Å². The summed E-state index contributed by atoms with van der Waals surface area (Å²) in [4.78, 5) is 10.4. The molecule has 0 saturated heterocycles. The molecule has 1 radical (unpaired) electrons. The molecule has 1 aromatic carbocycles. The van der Waals surface area contributed by atoms with Crippen LogP contribution in [0, 0.1) is 0 Å². The third-order valence-electron chi connectivity index (χ3n) is 1.71. The summed E-state index contributed by atoms with van der Waals surface area (Å²) >= 11 is 0. The average molecular weight is 378 g/mol. The molecule has 4 nitrogen and oxygen atoms in total. The first-order chi connectivity index (χ1) is 6.09. The van der Waals surface area contributed by atoms with Gasteiger partial charge in [-0.05, 0) is 24.1 Å². The molecule has 81 valence electrons. The molecule has 1 aromatic rings. The molecule has 0 spiro atoms. The molecule has 5 heteroatoms. The quantitative estimate of drug-likeness (QED) is 0.663. The van der Waals surface area contributed by atoms with Crippen LogP contribution in [0.4, 0.5) is 0 Å². The first-order valence-corrected chi connectivity index (χ1v) is 3.86. The molecule has 0 aliphatic rings. The summed E-state index contributed by atoms with van der Waals surface area (Å²) in [5, 5.41) is 17.5. The van der Waals surface area contributed by atoms with Gasteiger partial charge in [0.25, 0.3) is 0 Å². The van der Waals surface area contributed by atoms with Gasteiger partial charge in [-0.25, -0.2) is 0 Å². The van der Waals surface area contributed by atoms with E-state index < -0.39 is 12.0 Å². The Labute approximate surface area is 97.2 Å². The van der Waals surface area contributed by atoms with Gasteiger partial charge in [0.05, 0.1) is 0 Å². The molecule has 1 atom stereocenters. The van der Waals surface area contributed by atoms with Crippen LogP contribution < -0.4 is 5.73 Å². The van der Waals surface area contributed by atoms with Gasteiger partial charge in [0.1, 0.15) is 11.8 Å². The first-order valence-electron chi connectivity index (χ1n) is 3.86. The summed E-state index contributed by atoms with van der Waals surface area (Å²) in [6.45, 7) is 0. The maximum Gasteiger partial charge on any atom is 0.320 e. The van der Waals surface area contributed by atoms with Gasteiger partial charge in [-0.2, -0.15) is 0 Å². The number of phenolic OH excluding ortho intramolecular Hbond substituents is 1. The fourth-order valence-corrected chi connectivity index (χ4v) is 0.973. The van der Waals surface area contributed by atoms with E-state index >= 15 is 0 Å². The van der Waals surface area contributed by atoms with Crippen LogP contribution in [0.3, 0.4) is 0 Å². The van der Waals surface area contributed by atoms with E-state index in [1.165, 1.54) is 12.1 Å². The van der Waals surface area contributed by atoms with Crippen molar-refractivity contribution in [3.05, 3.63) is 29.8 Å². The standard InChI is InChI=1S/C9H11NO3.Au/c10-8(9(12)13)5-6-1-3-7(11)4-2-6;/h1-4,8,11H,5,10H2,(H,12,13);/t8-;/m0./s1. The second-order valence-corrected chi connectivity index (χ2v) is 2.82. The summed E-state index contributed by atoms with van der Waals surface area (Å²) in [6, 6.07) is 5.42. The zero-order valence-electron chi connectivity index (χ0n) is 7.28. The second-order valence-electron chi connectivity index (χ2n) is 2.82. The number of carbonyl (C=O) groups is 1. The summed E-state index contributed by atoms with van der Waals surface area (Å²) in [5.74, 6) is -0.860. The van der Waals surface area contributed by atoms with E-state index in [2.05, 4.69) is 0 Å². The van der Waals surface area contributed by atoms with Gasteiger partial charge in [0.2, 0.25) is 0 Å². The molecular weight excluding hydrogens is 367 g/mol. The van der Waals surface area contributed by atoms with Gasteiger partial charge in [0, 0.05) is 22.4 Å². The minimum Gasteiger partial charge on any atom is -0.508 e. The number of rotatable bonds is 3. The number of hydrogen-bond acceptors (Lipinski definition) is 3. The van der Waals surface area contributed by atoms with Crippen molar-refractivity contribution in [2.75, 3.05) is 0 Å². The van der Waals surface area contributed by atoms with E-state index in [1.807, 2.05) is 0 Å². The summed E-state index contributed by atoms with van der Waals surface area (Å²) < 4.78 is 0. The minimum atomic E-state index is -1.02. The molecule has 0 aromatic heterocycles. The number of aliphatic carboxylic acids is 1. The summed E-state index contributed by atoms with van der Waals surface area (Å²) in [6.07, 6.45) is 0.273. The molecule has 1 rings (SSSR count). The van der Waals surface area contributed by atoms with Gasteiger partial charge in [-0.15, -0.1) is 0 Å². The molecule has 0 saturated carbocycles. The second kappa shape index (κ2) is 5.82. The van der Waals surface area contributed by atoms with Crippen molar-refractivity contribution in [1.82, 2.24) is 0 Å². The summed E-state index contributed by atoms with van der Waals surface area (Å²) in [5.41, 5.74) is 6.12. The zero-order valence-corrected chi connectivity index (χ0v) is 9.44. The molecule has 0 bridgehead atoms. The van der Waals surface area contributed by atoms with Gasteiger partial charge < -0.3 is 15.9 Å². The average Bonchev–Trinajstić information content (AvgIpc) is 2.08. The third-order valence-corrected chi connectivity index (χ3v) is 1.71. The Bertz CT molecular complexity index is 299. The van der Waals surface area contributed by atoms with Crippen LogP contribution >= 0.6 is 0 Å².